The maximum Gasteiger partial charge on any atom is 0.0436 e. The third-order valence-corrected chi connectivity index (χ3v) is 5.72. The van der Waals surface area contributed by atoms with Gasteiger partial charge in [-0.3, -0.25) is 4.21 Å². The second kappa shape index (κ2) is 9.37. The normalized spacial score (nSPS) is 15.9. The molecule has 0 radical (unpaired) electrons. The number of hydrogen-bond donors (Lipinski definition) is 1. The van der Waals surface area contributed by atoms with Gasteiger partial charge in [0, 0.05) is 27.8 Å². The van der Waals surface area contributed by atoms with Gasteiger partial charge in [0.25, 0.3) is 0 Å². The van der Waals surface area contributed by atoms with Crippen LogP contribution >= 0.6 is 0 Å². The van der Waals surface area contributed by atoms with Crippen molar-refractivity contribution in [2.24, 2.45) is 5.92 Å². The number of rotatable bonds is 9. The van der Waals surface area contributed by atoms with Crippen LogP contribution in [0.3, 0.4) is 0 Å². The van der Waals surface area contributed by atoms with Crippen LogP contribution in [-0.2, 0) is 17.2 Å². The van der Waals surface area contributed by atoms with Crippen molar-refractivity contribution in [3.63, 3.8) is 0 Å². The van der Waals surface area contributed by atoms with E-state index in [4.69, 9.17) is 0 Å². The molecule has 21 heavy (non-hydrogen) atoms. The van der Waals surface area contributed by atoms with Gasteiger partial charge in [0.15, 0.2) is 0 Å². The van der Waals surface area contributed by atoms with Crippen molar-refractivity contribution < 1.29 is 4.21 Å². The molecule has 0 bridgehead atoms. The number of hydrogen-bond acceptors (Lipinski definition) is 2. The summed E-state index contributed by atoms with van der Waals surface area (Å²) in [6.07, 6.45) is 2.09. The lowest BCUT2D eigenvalue weighted by Gasteiger charge is -2.20. The highest BCUT2D eigenvalue weighted by molar-refractivity contribution is 7.85. The van der Waals surface area contributed by atoms with Crippen molar-refractivity contribution in [2.75, 3.05) is 12.3 Å². The average Bonchev–Trinajstić information content (AvgIpc) is 2.46. The van der Waals surface area contributed by atoms with Gasteiger partial charge in [0.1, 0.15) is 0 Å². The standard InChI is InChI=1S/C18H31NOS/c1-6-15(5)21(20)13-18(19-7-2)17-10-8-16(9-11-17)12-14(3)4/h8-11,14-15,18-19H,6-7,12-13H2,1-5H3. The lowest BCUT2D eigenvalue weighted by molar-refractivity contribution is 0.590. The fraction of sp³-hybridized carbons (Fsp3) is 0.667. The molecule has 1 aromatic rings. The minimum atomic E-state index is -0.774. The van der Waals surface area contributed by atoms with Crippen molar-refractivity contribution in [1.29, 1.82) is 0 Å². The SMILES string of the molecule is CCNC(CS(=O)C(C)CC)c1ccc(CC(C)C)cc1. The monoisotopic (exact) mass is 309 g/mol. The van der Waals surface area contributed by atoms with Crippen LogP contribution in [0, 0.1) is 5.92 Å². The van der Waals surface area contributed by atoms with Gasteiger partial charge in [-0.1, -0.05) is 58.9 Å². The molecule has 0 saturated carbocycles. The van der Waals surface area contributed by atoms with Gasteiger partial charge in [0.05, 0.1) is 0 Å². The minimum absolute atomic E-state index is 0.193. The van der Waals surface area contributed by atoms with Gasteiger partial charge < -0.3 is 5.32 Å². The highest BCUT2D eigenvalue weighted by Crippen LogP contribution is 2.18. The first-order valence-electron chi connectivity index (χ1n) is 8.17. The molecule has 0 aromatic heterocycles. The van der Waals surface area contributed by atoms with Crippen LogP contribution in [0.15, 0.2) is 24.3 Å². The molecule has 1 aromatic carbocycles. The lowest BCUT2D eigenvalue weighted by atomic mass is 10.00. The second-order valence-electron chi connectivity index (χ2n) is 6.22. The van der Waals surface area contributed by atoms with E-state index in [1.165, 1.54) is 11.1 Å². The summed E-state index contributed by atoms with van der Waals surface area (Å²) in [5.41, 5.74) is 2.63. The molecule has 0 spiro atoms. The summed E-state index contributed by atoms with van der Waals surface area (Å²) in [5, 5.41) is 3.75. The number of nitrogens with one attached hydrogen (secondary N) is 1. The molecule has 2 nitrogen and oxygen atoms in total. The summed E-state index contributed by atoms with van der Waals surface area (Å²) >= 11 is 0. The fourth-order valence-corrected chi connectivity index (χ4v) is 3.73. The molecule has 3 heteroatoms. The smallest absolute Gasteiger partial charge is 0.0436 e. The molecule has 0 aliphatic heterocycles. The van der Waals surface area contributed by atoms with Crippen molar-refractivity contribution in [1.82, 2.24) is 5.32 Å². The zero-order valence-corrected chi connectivity index (χ0v) is 15.0. The summed E-state index contributed by atoms with van der Waals surface area (Å²) in [6.45, 7) is 11.7. The maximum atomic E-state index is 12.3. The van der Waals surface area contributed by atoms with E-state index in [0.29, 0.717) is 11.7 Å². The van der Waals surface area contributed by atoms with Crippen LogP contribution in [0.1, 0.15) is 58.2 Å². The second-order valence-corrected chi connectivity index (χ2v) is 8.12. The molecule has 0 aliphatic rings. The molecule has 120 valence electrons. The Hall–Kier alpha value is -0.670. The molecule has 1 N–H and O–H groups in total. The van der Waals surface area contributed by atoms with Gasteiger partial charge in [-0.25, -0.2) is 0 Å². The maximum absolute atomic E-state index is 12.3. The van der Waals surface area contributed by atoms with Crippen LogP contribution < -0.4 is 5.32 Å². The van der Waals surface area contributed by atoms with E-state index in [2.05, 4.69) is 64.2 Å². The molecular formula is C18H31NOS. The molecule has 1 rings (SSSR count). The highest BCUT2D eigenvalue weighted by Gasteiger charge is 2.17. The van der Waals surface area contributed by atoms with Crippen LogP contribution in [-0.4, -0.2) is 21.8 Å². The predicted octanol–water partition coefficient (Wildman–Crippen LogP) is 4.08. The summed E-state index contributed by atoms with van der Waals surface area (Å²) < 4.78 is 12.3. The Labute approximate surface area is 133 Å². The Morgan fingerprint density at radius 3 is 2.19 bits per heavy atom. The highest BCUT2D eigenvalue weighted by atomic mass is 32.2. The largest absolute Gasteiger partial charge is 0.309 e. The van der Waals surface area contributed by atoms with Crippen LogP contribution in [0.4, 0.5) is 0 Å². The van der Waals surface area contributed by atoms with E-state index in [9.17, 15) is 4.21 Å². The van der Waals surface area contributed by atoms with Crippen molar-refractivity contribution in [3.05, 3.63) is 35.4 Å². The minimum Gasteiger partial charge on any atom is -0.309 e. The first-order valence-corrected chi connectivity index (χ1v) is 9.55. The Bertz CT molecular complexity index is 427. The molecule has 0 fully saturated rings. The molecule has 0 saturated heterocycles. The summed E-state index contributed by atoms with van der Waals surface area (Å²) in [7, 11) is -0.774. The van der Waals surface area contributed by atoms with E-state index in [1.807, 2.05) is 0 Å². The Morgan fingerprint density at radius 2 is 1.71 bits per heavy atom. The zero-order valence-electron chi connectivity index (χ0n) is 14.2. The zero-order chi connectivity index (χ0) is 15.8. The van der Waals surface area contributed by atoms with E-state index in [-0.39, 0.29) is 11.3 Å². The topological polar surface area (TPSA) is 29.1 Å². The van der Waals surface area contributed by atoms with Crippen molar-refractivity contribution >= 4 is 10.8 Å². The molecule has 3 atom stereocenters. The Balaban J connectivity index is 2.78. The first-order chi connectivity index (χ1) is 9.97. The molecule has 0 heterocycles. The lowest BCUT2D eigenvalue weighted by Crippen LogP contribution is -2.28. The van der Waals surface area contributed by atoms with Gasteiger partial charge >= 0.3 is 0 Å². The third kappa shape index (κ3) is 6.31. The fourth-order valence-electron chi connectivity index (χ4n) is 2.39. The average molecular weight is 310 g/mol. The first kappa shape index (κ1) is 18.4. The predicted molar refractivity (Wildman–Crippen MR) is 94.2 cm³/mol. The van der Waals surface area contributed by atoms with Gasteiger partial charge in [-0.15, -0.1) is 0 Å². The van der Waals surface area contributed by atoms with Crippen LogP contribution in [0.2, 0.25) is 0 Å². The van der Waals surface area contributed by atoms with Crippen molar-refractivity contribution in [3.8, 4) is 0 Å². The number of benzene rings is 1. The molecule has 3 unspecified atom stereocenters. The van der Waals surface area contributed by atoms with Crippen molar-refractivity contribution in [2.45, 2.75) is 58.8 Å². The Morgan fingerprint density at radius 1 is 1.10 bits per heavy atom. The van der Waals surface area contributed by atoms with Gasteiger partial charge in [-0.05, 0) is 36.4 Å². The van der Waals surface area contributed by atoms with E-state index >= 15 is 0 Å². The van der Waals surface area contributed by atoms with Crippen LogP contribution in [0.5, 0.6) is 0 Å². The van der Waals surface area contributed by atoms with Crippen LogP contribution in [0.25, 0.3) is 0 Å². The summed E-state index contributed by atoms with van der Waals surface area (Å²) in [5.74, 6) is 1.38. The van der Waals surface area contributed by atoms with Gasteiger partial charge in [0.2, 0.25) is 0 Å². The summed E-state index contributed by atoms with van der Waals surface area (Å²) in [4.78, 5) is 0. The molecule has 0 aliphatic carbocycles. The van der Waals surface area contributed by atoms with Gasteiger partial charge in [-0.2, -0.15) is 0 Å². The van der Waals surface area contributed by atoms with E-state index in [1.54, 1.807) is 0 Å². The quantitative estimate of drug-likeness (QED) is 0.744. The molecule has 0 amide bonds. The molecular weight excluding hydrogens is 278 g/mol. The van der Waals surface area contributed by atoms with E-state index < -0.39 is 10.8 Å². The third-order valence-electron chi connectivity index (χ3n) is 3.83. The Kier molecular flexibility index (Phi) is 8.20. The van der Waals surface area contributed by atoms with E-state index in [0.717, 1.165) is 19.4 Å². The summed E-state index contributed by atoms with van der Waals surface area (Å²) in [6, 6.07) is 9.01.